The Balaban J connectivity index is 1.27. The monoisotopic (exact) mass is 473 g/mol. The lowest BCUT2D eigenvalue weighted by atomic mass is 10.0. The third-order valence-corrected chi connectivity index (χ3v) is 6.73. The quantitative estimate of drug-likeness (QED) is 0.443. The smallest absolute Gasteiger partial charge is 0.231 e. The highest BCUT2D eigenvalue weighted by atomic mass is 19.1. The maximum Gasteiger partial charge on any atom is 0.231 e. The van der Waals surface area contributed by atoms with Crippen LogP contribution in [0, 0.1) is 5.82 Å². The molecule has 2 saturated heterocycles. The number of hydrogen-bond donors (Lipinski definition) is 2. The van der Waals surface area contributed by atoms with E-state index in [4.69, 9.17) is 9.82 Å². The average molecular weight is 474 g/mol. The fraction of sp³-hybridized carbons (Fsp3) is 0.308. The first kappa shape index (κ1) is 21.8. The van der Waals surface area contributed by atoms with Crippen molar-refractivity contribution < 1.29 is 9.23 Å². The van der Waals surface area contributed by atoms with Gasteiger partial charge < -0.3 is 20.1 Å². The summed E-state index contributed by atoms with van der Waals surface area (Å²) < 4.78 is 13.9. The molecule has 2 aliphatic rings. The van der Waals surface area contributed by atoms with Crippen LogP contribution < -0.4 is 15.3 Å². The van der Waals surface area contributed by atoms with Crippen molar-refractivity contribution in [3.05, 3.63) is 72.2 Å². The molecule has 2 aromatic carbocycles. The van der Waals surface area contributed by atoms with E-state index in [1.165, 1.54) is 11.8 Å². The maximum absolute atomic E-state index is 13.9. The van der Waals surface area contributed by atoms with Gasteiger partial charge in [-0.1, -0.05) is 12.1 Å². The zero-order valence-electron chi connectivity index (χ0n) is 19.6. The largest absolute Gasteiger partial charge is 0.369 e. The molecule has 180 valence electrons. The Kier molecular flexibility index (Phi) is 5.71. The number of nitrogens with one attached hydrogen (secondary N) is 2. The number of H-pyrrole nitrogens is 1. The number of aromatic nitrogens is 3. The van der Waals surface area contributed by atoms with Crippen LogP contribution in [0.3, 0.4) is 0 Å². The summed E-state index contributed by atoms with van der Waals surface area (Å²) in [4.78, 5) is 23.4. The number of halogens is 1. The van der Waals surface area contributed by atoms with Crippen molar-refractivity contribution >= 4 is 34.2 Å². The molecule has 0 bridgehead atoms. The predicted octanol–water partition coefficient (Wildman–Crippen LogP) is 4.48. The van der Waals surface area contributed by atoms with Gasteiger partial charge in [-0.3, -0.25) is 4.84 Å². The third kappa shape index (κ3) is 4.40. The third-order valence-electron chi connectivity index (χ3n) is 6.73. The van der Waals surface area contributed by atoms with Gasteiger partial charge in [0.25, 0.3) is 0 Å². The number of hydrogen-bond acceptors (Lipinski definition) is 7. The molecule has 0 radical (unpaired) electrons. The summed E-state index contributed by atoms with van der Waals surface area (Å²) in [7, 11) is 2.16. The highest BCUT2D eigenvalue weighted by Crippen LogP contribution is 2.38. The van der Waals surface area contributed by atoms with Crippen molar-refractivity contribution in [3.8, 4) is 0 Å². The number of likely N-dealkylation sites (N-methyl/N-ethyl adjacent to an activating group) is 1. The van der Waals surface area contributed by atoms with E-state index in [-0.39, 0.29) is 11.9 Å². The van der Waals surface area contributed by atoms with Gasteiger partial charge in [-0.2, -0.15) is 9.97 Å². The Hall–Kier alpha value is -3.69. The number of anilines is 4. The van der Waals surface area contributed by atoms with Crippen LogP contribution in [0.15, 0.2) is 60.8 Å². The zero-order chi connectivity index (χ0) is 23.8. The van der Waals surface area contributed by atoms with Crippen LogP contribution in [-0.2, 0) is 4.84 Å². The molecule has 35 heavy (non-hydrogen) atoms. The van der Waals surface area contributed by atoms with Crippen LogP contribution in [-0.4, -0.2) is 59.7 Å². The summed E-state index contributed by atoms with van der Waals surface area (Å²) in [6.07, 6.45) is 2.58. The van der Waals surface area contributed by atoms with Crippen molar-refractivity contribution in [2.75, 3.05) is 55.1 Å². The molecule has 0 amide bonds. The van der Waals surface area contributed by atoms with E-state index in [2.05, 4.69) is 56.4 Å². The van der Waals surface area contributed by atoms with E-state index in [1.807, 2.05) is 18.3 Å². The van der Waals surface area contributed by atoms with E-state index >= 15 is 0 Å². The molecule has 0 spiro atoms. The van der Waals surface area contributed by atoms with Crippen LogP contribution in [0.25, 0.3) is 11.0 Å². The van der Waals surface area contributed by atoms with Crippen LogP contribution in [0.5, 0.6) is 0 Å². The fourth-order valence-corrected chi connectivity index (χ4v) is 4.79. The molecular formula is C26H28FN7O. The van der Waals surface area contributed by atoms with Crippen LogP contribution in [0.1, 0.15) is 18.0 Å². The molecule has 6 rings (SSSR count). The second-order valence-corrected chi connectivity index (χ2v) is 9.09. The van der Waals surface area contributed by atoms with E-state index in [0.717, 1.165) is 49.2 Å². The Morgan fingerprint density at radius 1 is 1.03 bits per heavy atom. The number of piperazine rings is 1. The molecule has 2 aliphatic heterocycles. The Labute approximate surface area is 203 Å². The second-order valence-electron chi connectivity index (χ2n) is 9.09. The molecule has 9 heteroatoms. The minimum absolute atomic E-state index is 0.130. The summed E-state index contributed by atoms with van der Waals surface area (Å²) in [6, 6.07) is 16.8. The zero-order valence-corrected chi connectivity index (χ0v) is 19.6. The highest BCUT2D eigenvalue weighted by molar-refractivity contribution is 5.88. The SMILES string of the molecule is CN1CCN(c2ccc(Nc3nc(N4OCC[C@H]4c4cccc(F)c4)c4cc[nH]c4n3)cc2)CC1. The number of rotatable bonds is 5. The molecule has 4 heterocycles. The van der Waals surface area contributed by atoms with Gasteiger partial charge in [0.2, 0.25) is 5.95 Å². The van der Waals surface area contributed by atoms with E-state index in [9.17, 15) is 4.39 Å². The first-order chi connectivity index (χ1) is 17.1. The highest BCUT2D eigenvalue weighted by Gasteiger charge is 2.31. The minimum Gasteiger partial charge on any atom is -0.369 e. The molecule has 2 fully saturated rings. The number of nitrogens with zero attached hydrogens (tertiary/aromatic N) is 5. The van der Waals surface area contributed by atoms with Gasteiger partial charge in [0, 0.05) is 50.2 Å². The van der Waals surface area contributed by atoms with Gasteiger partial charge in [-0.05, 0) is 55.1 Å². The summed E-state index contributed by atoms with van der Waals surface area (Å²) >= 11 is 0. The summed E-state index contributed by atoms with van der Waals surface area (Å²) in [6.45, 7) is 4.74. The number of hydroxylamine groups is 1. The topological polar surface area (TPSA) is 72.6 Å². The lowest BCUT2D eigenvalue weighted by Crippen LogP contribution is -2.44. The van der Waals surface area contributed by atoms with E-state index in [0.29, 0.717) is 24.0 Å². The molecule has 2 aromatic heterocycles. The summed E-state index contributed by atoms with van der Waals surface area (Å²) in [5.41, 5.74) is 3.69. The number of fused-ring (bicyclic) bond motifs is 1. The Morgan fingerprint density at radius 3 is 2.66 bits per heavy atom. The molecule has 2 N–H and O–H groups in total. The van der Waals surface area contributed by atoms with E-state index < -0.39 is 0 Å². The molecule has 0 unspecified atom stereocenters. The first-order valence-electron chi connectivity index (χ1n) is 12.0. The standard InChI is InChI=1S/C26H28FN7O/c1-32-12-14-33(15-13-32)21-7-5-20(6-8-21)29-26-30-24-22(9-11-28-24)25(31-26)34-23(10-16-35-34)18-3-2-4-19(27)17-18/h2-9,11,17,23H,10,12-16H2,1H3,(H2,28,29,30,31)/t23-/m0/s1. The molecule has 1 atom stereocenters. The number of aromatic amines is 1. The minimum atomic E-state index is -0.258. The van der Waals surface area contributed by atoms with Crippen molar-refractivity contribution in [1.29, 1.82) is 0 Å². The van der Waals surface area contributed by atoms with Gasteiger partial charge in [-0.25, -0.2) is 9.45 Å². The predicted molar refractivity (Wildman–Crippen MR) is 136 cm³/mol. The lowest BCUT2D eigenvalue weighted by molar-refractivity contribution is 0.157. The van der Waals surface area contributed by atoms with Crippen molar-refractivity contribution in [2.24, 2.45) is 0 Å². The molecule has 4 aromatic rings. The van der Waals surface area contributed by atoms with Gasteiger partial charge >= 0.3 is 0 Å². The normalized spacial score (nSPS) is 19.0. The van der Waals surface area contributed by atoms with Gasteiger partial charge in [0.15, 0.2) is 5.82 Å². The van der Waals surface area contributed by atoms with Crippen molar-refractivity contribution in [3.63, 3.8) is 0 Å². The number of benzene rings is 2. The molecule has 0 aliphatic carbocycles. The Morgan fingerprint density at radius 2 is 1.86 bits per heavy atom. The van der Waals surface area contributed by atoms with E-state index in [1.54, 1.807) is 17.2 Å². The van der Waals surface area contributed by atoms with Gasteiger partial charge in [-0.15, -0.1) is 0 Å². The van der Waals surface area contributed by atoms with Crippen LogP contribution in [0.4, 0.5) is 27.5 Å². The van der Waals surface area contributed by atoms with Crippen LogP contribution >= 0.6 is 0 Å². The second kappa shape index (κ2) is 9.16. The fourth-order valence-electron chi connectivity index (χ4n) is 4.79. The van der Waals surface area contributed by atoms with Gasteiger partial charge in [0.1, 0.15) is 11.5 Å². The Bertz CT molecular complexity index is 1320. The maximum atomic E-state index is 13.9. The first-order valence-corrected chi connectivity index (χ1v) is 12.0. The lowest BCUT2D eigenvalue weighted by Gasteiger charge is -2.34. The summed E-state index contributed by atoms with van der Waals surface area (Å²) in [5.74, 6) is 0.863. The molecular weight excluding hydrogens is 445 g/mol. The molecule has 0 saturated carbocycles. The molecule has 8 nitrogen and oxygen atoms in total. The van der Waals surface area contributed by atoms with Crippen molar-refractivity contribution in [2.45, 2.75) is 12.5 Å². The summed E-state index contributed by atoms with van der Waals surface area (Å²) in [5, 5.41) is 5.98. The van der Waals surface area contributed by atoms with Gasteiger partial charge in [0.05, 0.1) is 18.0 Å². The van der Waals surface area contributed by atoms with Crippen LogP contribution in [0.2, 0.25) is 0 Å². The average Bonchev–Trinajstić information content (AvgIpc) is 3.55. The van der Waals surface area contributed by atoms with Crippen molar-refractivity contribution in [1.82, 2.24) is 19.9 Å².